The Hall–Kier alpha value is -3.35. The number of nitrogens with zero attached hydrogens (tertiary/aromatic N) is 1. The highest BCUT2D eigenvalue weighted by atomic mass is 35.5. The van der Waals surface area contributed by atoms with Crippen LogP contribution in [-0.2, 0) is 6.54 Å². The third-order valence-corrected chi connectivity index (χ3v) is 5.67. The number of hydrogen-bond acceptors (Lipinski definition) is 5. The molecule has 36 heavy (non-hydrogen) atoms. The molecule has 1 aliphatic rings. The molecule has 3 rings (SSSR count). The molecule has 2 aromatic carbocycles. The molecule has 0 bridgehead atoms. The molecule has 0 spiro atoms. The molecule has 194 valence electrons. The largest absolute Gasteiger partial charge is 0.399 e. The summed E-state index contributed by atoms with van der Waals surface area (Å²) in [5, 5.41) is 3.32. The molecule has 0 amide bonds. The summed E-state index contributed by atoms with van der Waals surface area (Å²) in [6, 6.07) is 13.8. The number of alkyl halides is 1. The van der Waals surface area contributed by atoms with Gasteiger partial charge < -0.3 is 21.3 Å². The first-order valence-electron chi connectivity index (χ1n) is 12.0. The fourth-order valence-electron chi connectivity index (χ4n) is 4.14. The molecular formula is C29H40ClN4O2+. The molecule has 0 aliphatic heterocycles. The van der Waals surface area contributed by atoms with Crippen LogP contribution in [0.15, 0.2) is 78.5 Å². The fourth-order valence-corrected chi connectivity index (χ4v) is 4.14. The smallest absolute Gasteiger partial charge is 0.198 e. The van der Waals surface area contributed by atoms with Crippen molar-refractivity contribution in [3.8, 4) is 0 Å². The van der Waals surface area contributed by atoms with E-state index in [4.69, 9.17) is 11.5 Å². The van der Waals surface area contributed by atoms with Gasteiger partial charge in [0.25, 0.3) is 0 Å². The van der Waals surface area contributed by atoms with Gasteiger partial charge in [-0.2, -0.15) is 0 Å². The Morgan fingerprint density at radius 2 is 1.64 bits per heavy atom. The summed E-state index contributed by atoms with van der Waals surface area (Å²) in [5.74, 6) is -0.727. The molecule has 0 fully saturated rings. The number of nitrogen functional groups attached to an aromatic ring is 1. The van der Waals surface area contributed by atoms with Crippen molar-refractivity contribution in [2.45, 2.75) is 26.8 Å². The third-order valence-electron chi connectivity index (χ3n) is 5.67. The predicted octanol–water partition coefficient (Wildman–Crippen LogP) is 5.56. The second kappa shape index (κ2) is 14.3. The van der Waals surface area contributed by atoms with Gasteiger partial charge in [-0.15, -0.1) is 11.6 Å². The lowest BCUT2D eigenvalue weighted by atomic mass is 9.81. The Kier molecular flexibility index (Phi) is 12.2. The minimum absolute atomic E-state index is 0.0391. The molecule has 6 nitrogen and oxygen atoms in total. The number of rotatable bonds is 9. The molecule has 0 atom stereocenters. The lowest BCUT2D eigenvalue weighted by Gasteiger charge is -2.30. The number of carbonyl (C=O) groups excluding carboxylic acids is 2. The van der Waals surface area contributed by atoms with E-state index in [2.05, 4.69) is 68.4 Å². The number of halogens is 1. The first-order valence-corrected chi connectivity index (χ1v) is 12.7. The van der Waals surface area contributed by atoms with Crippen molar-refractivity contribution in [1.82, 2.24) is 0 Å². The van der Waals surface area contributed by atoms with Crippen molar-refractivity contribution >= 4 is 34.5 Å². The van der Waals surface area contributed by atoms with Gasteiger partial charge >= 0.3 is 0 Å². The molecule has 0 heterocycles. The number of hydrogen-bond donors (Lipinski definition) is 3. The van der Waals surface area contributed by atoms with Crippen molar-refractivity contribution in [3.05, 3.63) is 95.2 Å². The topological polar surface area (TPSA) is 98.2 Å². The zero-order valence-corrected chi connectivity index (χ0v) is 22.9. The highest BCUT2D eigenvalue weighted by Crippen LogP contribution is 2.36. The summed E-state index contributed by atoms with van der Waals surface area (Å²) in [6.45, 7) is 13.8. The van der Waals surface area contributed by atoms with Crippen molar-refractivity contribution in [2.24, 2.45) is 5.73 Å². The minimum Gasteiger partial charge on any atom is -0.399 e. The molecule has 0 radical (unpaired) electrons. The lowest BCUT2D eigenvalue weighted by Crippen LogP contribution is -2.40. The summed E-state index contributed by atoms with van der Waals surface area (Å²) in [5.41, 5.74) is 14.7. The fraction of sp³-hybridized carbons (Fsp3) is 0.310. The molecule has 1 aliphatic carbocycles. The van der Waals surface area contributed by atoms with Crippen LogP contribution in [0.25, 0.3) is 0 Å². The second-order valence-electron chi connectivity index (χ2n) is 8.71. The van der Waals surface area contributed by atoms with Gasteiger partial charge in [-0.3, -0.25) is 9.59 Å². The quantitative estimate of drug-likeness (QED) is 0.177. The van der Waals surface area contributed by atoms with Crippen LogP contribution in [0.3, 0.4) is 0 Å². The summed E-state index contributed by atoms with van der Waals surface area (Å²) in [6.07, 6.45) is 3.69. The van der Waals surface area contributed by atoms with Crippen LogP contribution in [0.5, 0.6) is 0 Å². The number of ketones is 2. The monoisotopic (exact) mass is 511 g/mol. The van der Waals surface area contributed by atoms with E-state index in [1.54, 1.807) is 12.1 Å². The van der Waals surface area contributed by atoms with Crippen LogP contribution in [-0.4, -0.2) is 49.6 Å². The maximum absolute atomic E-state index is 13.2. The maximum Gasteiger partial charge on any atom is 0.198 e. The number of allylic oxidation sites excluding steroid dienone is 3. The number of fused-ring (bicyclic) bond motifs is 1. The van der Waals surface area contributed by atoms with Crippen molar-refractivity contribution < 1.29 is 14.1 Å². The van der Waals surface area contributed by atoms with E-state index >= 15 is 0 Å². The summed E-state index contributed by atoms with van der Waals surface area (Å²) < 4.78 is 0.839. The van der Waals surface area contributed by atoms with E-state index in [0.29, 0.717) is 12.2 Å². The van der Waals surface area contributed by atoms with Gasteiger partial charge in [-0.1, -0.05) is 63.4 Å². The molecule has 0 unspecified atom stereocenters. The number of quaternary nitrogens is 1. The van der Waals surface area contributed by atoms with Crippen molar-refractivity contribution in [1.29, 1.82) is 0 Å². The third kappa shape index (κ3) is 7.33. The van der Waals surface area contributed by atoms with Crippen molar-refractivity contribution in [3.63, 3.8) is 0 Å². The van der Waals surface area contributed by atoms with E-state index in [-0.39, 0.29) is 45.2 Å². The Morgan fingerprint density at radius 3 is 2.19 bits per heavy atom. The van der Waals surface area contributed by atoms with Gasteiger partial charge in [0, 0.05) is 47.6 Å². The normalized spacial score (nSPS) is 12.5. The molecule has 0 aromatic heterocycles. The van der Waals surface area contributed by atoms with Crippen LogP contribution in [0.4, 0.5) is 11.4 Å². The van der Waals surface area contributed by atoms with Crippen LogP contribution in [0.1, 0.15) is 46.5 Å². The molecule has 5 N–H and O–H groups in total. The van der Waals surface area contributed by atoms with E-state index in [1.165, 1.54) is 18.0 Å². The van der Waals surface area contributed by atoms with Gasteiger partial charge in [0.05, 0.1) is 37.3 Å². The molecule has 0 saturated carbocycles. The lowest BCUT2D eigenvalue weighted by molar-refractivity contribution is -0.903. The van der Waals surface area contributed by atoms with Gasteiger partial charge in [0.1, 0.15) is 6.54 Å². The highest BCUT2D eigenvalue weighted by Gasteiger charge is 2.35. The van der Waals surface area contributed by atoms with Crippen molar-refractivity contribution in [2.75, 3.05) is 44.6 Å². The number of Topliss-reactive ketones (excluding diaryl/α,β-unsaturated/α-hetero) is 2. The first-order chi connectivity index (χ1) is 17.2. The zero-order chi connectivity index (χ0) is 27.5. The summed E-state index contributed by atoms with van der Waals surface area (Å²) in [7, 11) is 4.39. The number of anilines is 2. The van der Waals surface area contributed by atoms with E-state index in [1.807, 2.05) is 19.9 Å². The van der Waals surface area contributed by atoms with E-state index in [0.717, 1.165) is 24.0 Å². The Bertz CT molecular complexity index is 1120. The van der Waals surface area contributed by atoms with Crippen LogP contribution in [0.2, 0.25) is 0 Å². The summed E-state index contributed by atoms with van der Waals surface area (Å²) >= 11 is 4.64. The molecule has 7 heteroatoms. The molecule has 0 saturated heterocycles. The number of carbonyl (C=O) groups is 2. The average Bonchev–Trinajstić information content (AvgIpc) is 2.87. The Balaban J connectivity index is 0.00000154. The molecule has 2 aromatic rings. The van der Waals surface area contributed by atoms with E-state index in [9.17, 15) is 9.59 Å². The van der Waals surface area contributed by atoms with Gasteiger partial charge in [0.15, 0.2) is 11.6 Å². The van der Waals surface area contributed by atoms with E-state index < -0.39 is 0 Å². The number of nitrogens with two attached hydrogens (primary N) is 2. The SMILES string of the molecule is C=CC1=C(C(=C)N)C(=O)c2c(NCCC[N+](C)(C)Cc3ccccc3)ccc(N)c2C1=O.CC.CCl. The van der Waals surface area contributed by atoms with Crippen LogP contribution < -0.4 is 16.8 Å². The zero-order valence-electron chi connectivity index (χ0n) is 22.2. The Labute approximate surface area is 220 Å². The summed E-state index contributed by atoms with van der Waals surface area (Å²) in [4.78, 5) is 26.3. The van der Waals surface area contributed by atoms with Gasteiger partial charge in [-0.05, 0) is 12.1 Å². The second-order valence-corrected chi connectivity index (χ2v) is 8.71. The Morgan fingerprint density at radius 1 is 1.03 bits per heavy atom. The van der Waals surface area contributed by atoms with Crippen LogP contribution >= 0.6 is 11.6 Å². The van der Waals surface area contributed by atoms with Gasteiger partial charge in [-0.25, -0.2) is 0 Å². The van der Waals surface area contributed by atoms with Gasteiger partial charge in [0.2, 0.25) is 0 Å². The minimum atomic E-state index is -0.364. The standard InChI is InChI=1S/C26H30N4O2.C2H6.CH3Cl/c1-5-19-22(17(2)27)26(32)24-21(13-12-20(28)23(24)25(19)31)29-14-9-15-30(3,4)16-18-10-7-6-8-11-18;2*1-2/h5-8,10-13H,1-2,9,14-16,27H2,3-4H3,(H2-,28,29,31,32);1-2H3;1H3/p+1. The highest BCUT2D eigenvalue weighted by molar-refractivity contribution is 6.32. The predicted molar refractivity (Wildman–Crippen MR) is 153 cm³/mol. The first kappa shape index (κ1) is 30.7. The maximum atomic E-state index is 13.2. The average molecular weight is 512 g/mol. The number of nitrogens with one attached hydrogen (secondary N) is 1. The number of benzene rings is 2. The van der Waals surface area contributed by atoms with Crippen LogP contribution in [0, 0.1) is 0 Å². The molecular weight excluding hydrogens is 472 g/mol.